The molecule has 7 heteroatoms. The standard InChI is InChI=1S/C16H22F2N2O3/c1-16(2,3)23-15(21)20-10-8-19(9-11-20)12-6-4-5-7-13(12)22-14(17)18/h4-7,14H,8-11H2,1-3H3. The van der Waals surface area contributed by atoms with Crippen molar-refractivity contribution in [3.05, 3.63) is 24.3 Å². The number of anilines is 1. The number of alkyl halides is 2. The highest BCUT2D eigenvalue weighted by molar-refractivity contribution is 5.69. The summed E-state index contributed by atoms with van der Waals surface area (Å²) in [4.78, 5) is 15.6. The van der Waals surface area contributed by atoms with Crippen molar-refractivity contribution in [1.29, 1.82) is 0 Å². The average Bonchev–Trinajstić information content (AvgIpc) is 2.45. The molecule has 2 rings (SSSR count). The third-order valence-corrected chi connectivity index (χ3v) is 3.35. The van der Waals surface area contributed by atoms with E-state index in [1.54, 1.807) is 23.1 Å². The second-order valence-corrected chi connectivity index (χ2v) is 6.30. The summed E-state index contributed by atoms with van der Waals surface area (Å²) in [5.41, 5.74) is 0.0722. The first-order valence-electron chi connectivity index (χ1n) is 7.53. The molecule has 128 valence electrons. The Labute approximate surface area is 134 Å². The molecule has 0 atom stereocenters. The zero-order valence-corrected chi connectivity index (χ0v) is 13.6. The number of rotatable bonds is 3. The van der Waals surface area contributed by atoms with Crippen LogP contribution in [0, 0.1) is 0 Å². The lowest BCUT2D eigenvalue weighted by Crippen LogP contribution is -2.50. The fraction of sp³-hybridized carbons (Fsp3) is 0.562. The van der Waals surface area contributed by atoms with E-state index < -0.39 is 12.2 Å². The van der Waals surface area contributed by atoms with Gasteiger partial charge in [-0.1, -0.05) is 12.1 Å². The zero-order valence-electron chi connectivity index (χ0n) is 13.6. The smallest absolute Gasteiger partial charge is 0.410 e. The minimum absolute atomic E-state index is 0.146. The van der Waals surface area contributed by atoms with Crippen molar-refractivity contribution < 1.29 is 23.0 Å². The Hall–Kier alpha value is -2.05. The molecule has 1 aliphatic rings. The lowest BCUT2D eigenvalue weighted by Gasteiger charge is -2.37. The molecule has 0 saturated carbocycles. The minimum Gasteiger partial charge on any atom is -0.444 e. The predicted octanol–water partition coefficient (Wildman–Crippen LogP) is 3.35. The molecule has 0 N–H and O–H groups in total. The Kier molecular flexibility index (Phi) is 5.28. The molecule has 0 aliphatic carbocycles. The third-order valence-electron chi connectivity index (χ3n) is 3.35. The number of hydrogen-bond acceptors (Lipinski definition) is 4. The van der Waals surface area contributed by atoms with Crippen molar-refractivity contribution in [3.8, 4) is 5.75 Å². The Bertz CT molecular complexity index is 538. The van der Waals surface area contributed by atoms with E-state index in [9.17, 15) is 13.6 Å². The van der Waals surface area contributed by atoms with Crippen LogP contribution in [0.5, 0.6) is 5.75 Å². The molecule has 1 aromatic carbocycles. The normalized spacial score (nSPS) is 15.7. The molecule has 1 aromatic rings. The first-order valence-corrected chi connectivity index (χ1v) is 7.53. The molecule has 1 fully saturated rings. The molecule has 0 radical (unpaired) electrons. The Morgan fingerprint density at radius 3 is 2.30 bits per heavy atom. The fourth-order valence-corrected chi connectivity index (χ4v) is 2.37. The Morgan fingerprint density at radius 2 is 1.74 bits per heavy atom. The number of para-hydroxylation sites is 2. The van der Waals surface area contributed by atoms with E-state index in [-0.39, 0.29) is 11.8 Å². The molecule has 1 heterocycles. The summed E-state index contributed by atoms with van der Waals surface area (Å²) >= 11 is 0. The molecular weight excluding hydrogens is 306 g/mol. The molecule has 0 unspecified atom stereocenters. The van der Waals surface area contributed by atoms with Crippen LogP contribution in [-0.2, 0) is 4.74 Å². The van der Waals surface area contributed by atoms with Gasteiger partial charge in [0.05, 0.1) is 5.69 Å². The molecular formula is C16H22F2N2O3. The first kappa shape index (κ1) is 17.3. The maximum atomic E-state index is 12.5. The predicted molar refractivity (Wildman–Crippen MR) is 83.1 cm³/mol. The van der Waals surface area contributed by atoms with Gasteiger partial charge in [0.25, 0.3) is 0 Å². The van der Waals surface area contributed by atoms with Crippen LogP contribution in [-0.4, -0.2) is 49.4 Å². The monoisotopic (exact) mass is 328 g/mol. The lowest BCUT2D eigenvalue weighted by molar-refractivity contribution is -0.0495. The summed E-state index contributed by atoms with van der Waals surface area (Å²) in [7, 11) is 0. The largest absolute Gasteiger partial charge is 0.444 e. The van der Waals surface area contributed by atoms with Crippen molar-refractivity contribution in [2.24, 2.45) is 0 Å². The van der Waals surface area contributed by atoms with Gasteiger partial charge in [0, 0.05) is 26.2 Å². The molecule has 0 bridgehead atoms. The number of carbonyl (C=O) groups excluding carboxylic acids is 1. The SMILES string of the molecule is CC(C)(C)OC(=O)N1CCN(c2ccccc2OC(F)F)CC1. The second kappa shape index (κ2) is 7.02. The van der Waals surface area contributed by atoms with E-state index in [4.69, 9.17) is 4.74 Å². The van der Waals surface area contributed by atoms with Crippen molar-refractivity contribution in [1.82, 2.24) is 4.90 Å². The van der Waals surface area contributed by atoms with Gasteiger partial charge in [-0.15, -0.1) is 0 Å². The molecule has 1 amide bonds. The van der Waals surface area contributed by atoms with Gasteiger partial charge < -0.3 is 19.3 Å². The van der Waals surface area contributed by atoms with Crippen molar-refractivity contribution in [3.63, 3.8) is 0 Å². The highest BCUT2D eigenvalue weighted by Crippen LogP contribution is 2.30. The number of piperazine rings is 1. The van der Waals surface area contributed by atoms with Crippen LogP contribution in [0.4, 0.5) is 19.3 Å². The van der Waals surface area contributed by atoms with Crippen molar-refractivity contribution in [2.45, 2.75) is 33.0 Å². The zero-order chi connectivity index (χ0) is 17.0. The number of benzene rings is 1. The first-order chi connectivity index (χ1) is 10.8. The molecule has 23 heavy (non-hydrogen) atoms. The summed E-state index contributed by atoms with van der Waals surface area (Å²) in [6.45, 7) is 4.60. The highest BCUT2D eigenvalue weighted by Gasteiger charge is 2.27. The van der Waals surface area contributed by atoms with E-state index in [1.165, 1.54) is 6.07 Å². The van der Waals surface area contributed by atoms with Gasteiger partial charge in [-0.05, 0) is 32.9 Å². The van der Waals surface area contributed by atoms with E-state index in [0.717, 1.165) is 0 Å². The van der Waals surface area contributed by atoms with Crippen LogP contribution in [0.25, 0.3) is 0 Å². The van der Waals surface area contributed by atoms with Gasteiger partial charge in [0.15, 0.2) is 0 Å². The van der Waals surface area contributed by atoms with E-state index in [1.807, 2.05) is 25.7 Å². The molecule has 5 nitrogen and oxygen atoms in total. The molecule has 0 aromatic heterocycles. The maximum absolute atomic E-state index is 12.5. The third kappa shape index (κ3) is 4.97. The van der Waals surface area contributed by atoms with Gasteiger partial charge in [0.1, 0.15) is 11.4 Å². The quantitative estimate of drug-likeness (QED) is 0.853. The number of hydrogen-bond donors (Lipinski definition) is 0. The van der Waals surface area contributed by atoms with Gasteiger partial charge in [0.2, 0.25) is 0 Å². The number of nitrogens with zero attached hydrogens (tertiary/aromatic N) is 2. The summed E-state index contributed by atoms with van der Waals surface area (Å²) in [6.07, 6.45) is -0.353. The van der Waals surface area contributed by atoms with Crippen LogP contribution in [0.1, 0.15) is 20.8 Å². The van der Waals surface area contributed by atoms with E-state index in [0.29, 0.717) is 31.9 Å². The second-order valence-electron chi connectivity index (χ2n) is 6.30. The topological polar surface area (TPSA) is 42.0 Å². The van der Waals surface area contributed by atoms with Crippen LogP contribution in [0.15, 0.2) is 24.3 Å². The summed E-state index contributed by atoms with van der Waals surface area (Å²) in [6, 6.07) is 6.68. The van der Waals surface area contributed by atoms with Crippen LogP contribution >= 0.6 is 0 Å². The Morgan fingerprint density at radius 1 is 1.13 bits per heavy atom. The molecule has 0 spiro atoms. The molecule has 1 aliphatic heterocycles. The molecule has 1 saturated heterocycles. The van der Waals surface area contributed by atoms with Crippen molar-refractivity contribution >= 4 is 11.8 Å². The van der Waals surface area contributed by atoms with E-state index in [2.05, 4.69) is 4.74 Å². The van der Waals surface area contributed by atoms with Crippen molar-refractivity contribution in [2.75, 3.05) is 31.1 Å². The van der Waals surface area contributed by atoms with E-state index >= 15 is 0 Å². The lowest BCUT2D eigenvalue weighted by atomic mass is 10.2. The average molecular weight is 328 g/mol. The minimum atomic E-state index is -2.86. The van der Waals surface area contributed by atoms with Crippen LogP contribution in [0.3, 0.4) is 0 Å². The van der Waals surface area contributed by atoms with Crippen LogP contribution in [0.2, 0.25) is 0 Å². The Balaban J connectivity index is 1.98. The summed E-state index contributed by atoms with van der Waals surface area (Å²) in [5, 5.41) is 0. The van der Waals surface area contributed by atoms with Gasteiger partial charge in [-0.2, -0.15) is 8.78 Å². The number of halogens is 2. The fourth-order valence-electron chi connectivity index (χ4n) is 2.37. The van der Waals surface area contributed by atoms with Gasteiger partial charge >= 0.3 is 12.7 Å². The van der Waals surface area contributed by atoms with Gasteiger partial charge in [-0.3, -0.25) is 0 Å². The summed E-state index contributed by atoms with van der Waals surface area (Å²) < 4.78 is 34.9. The summed E-state index contributed by atoms with van der Waals surface area (Å²) in [5.74, 6) is 0.146. The number of carbonyl (C=O) groups is 1. The highest BCUT2D eigenvalue weighted by atomic mass is 19.3. The van der Waals surface area contributed by atoms with Gasteiger partial charge in [-0.25, -0.2) is 4.79 Å². The van der Waals surface area contributed by atoms with Crippen LogP contribution < -0.4 is 9.64 Å². The maximum Gasteiger partial charge on any atom is 0.410 e. The number of amides is 1. The number of ether oxygens (including phenoxy) is 2.